The van der Waals surface area contributed by atoms with E-state index < -0.39 is 0 Å². The van der Waals surface area contributed by atoms with Crippen LogP contribution in [0.4, 0.5) is 62.6 Å². The Hall–Kier alpha value is -14.5. The third kappa shape index (κ3) is 16.7. The predicted octanol–water partition coefficient (Wildman–Crippen LogP) is 29.6. The van der Waals surface area contributed by atoms with Gasteiger partial charge in [-0.2, -0.15) is 0 Å². The van der Waals surface area contributed by atoms with Crippen molar-refractivity contribution in [3.8, 4) is 44.5 Å². The lowest BCUT2D eigenvalue weighted by Gasteiger charge is -2.27. The van der Waals surface area contributed by atoms with Gasteiger partial charge in [0.1, 0.15) is 0 Å². The lowest BCUT2D eigenvalue weighted by Crippen LogP contribution is -2.10. The highest BCUT2D eigenvalue weighted by Gasteiger charge is 2.16. The molecule has 0 unspecified atom stereocenters. The smallest absolute Gasteiger partial charge is 0.0540 e. The average molecular weight is 1400 g/mol. The summed E-state index contributed by atoms with van der Waals surface area (Å²) in [6, 6.07) is 159. The van der Waals surface area contributed by atoms with Crippen molar-refractivity contribution in [1.82, 2.24) is 0 Å². The molecular formula is C104H79N5. The molecule has 520 valence electrons. The Labute approximate surface area is 638 Å². The second-order valence-corrected chi connectivity index (χ2v) is 26.7. The fraction of sp³-hybridized carbons (Fsp3) is 0. The zero-order valence-electron chi connectivity index (χ0n) is 60.2. The van der Waals surface area contributed by atoms with Gasteiger partial charge in [-0.25, -0.2) is 0 Å². The number of para-hydroxylation sites is 4. The fourth-order valence-corrected chi connectivity index (χ4v) is 14.2. The van der Waals surface area contributed by atoms with Gasteiger partial charge in [0, 0.05) is 73.0 Å². The zero-order chi connectivity index (χ0) is 73.2. The summed E-state index contributed by atoms with van der Waals surface area (Å²) >= 11 is 0. The molecule has 0 saturated heterocycles. The van der Waals surface area contributed by atoms with Crippen LogP contribution in [0.2, 0.25) is 0 Å². The van der Waals surface area contributed by atoms with Crippen molar-refractivity contribution in [2.75, 3.05) is 26.2 Å². The number of nitrogens with one attached hydrogen (secondary N) is 4. The van der Waals surface area contributed by atoms with Gasteiger partial charge < -0.3 is 26.2 Å². The first-order valence-electron chi connectivity index (χ1n) is 37.0. The van der Waals surface area contributed by atoms with E-state index in [1.165, 1.54) is 104 Å². The topological polar surface area (TPSA) is 51.4 Å². The van der Waals surface area contributed by atoms with E-state index in [1.807, 2.05) is 66.7 Å². The van der Waals surface area contributed by atoms with E-state index in [2.05, 4.69) is 414 Å². The standard InChI is InChI=1S/C38H28N2.C24H19N.C22H17N.C20H15N/c1-2-14-33(15-3-1)40(38-19-9-13-31-11-5-7-17-36(31)38)34-26-22-29(23-27-34)28-20-24-32(25-21-28)39-37-18-8-12-30-10-4-6-16-35(30)37;1-4-10-19(11-5-1)21-16-22(20-12-6-2-7-13-20)18-24(17-21)25-23-14-8-3-9-15-23;1-3-9-17(10-4-1)19-15-16-22(21-14-8-7-13-20(19)21)23-18-11-5-2-6-12-18;1-2-7-17(8-3-1)21-18-12-13-20-16(14-18)11-10-15-6-4-5-9-19(15)20/h1-27,39H;1-18,25H;1-16,23H;1-14,21H. The van der Waals surface area contributed by atoms with E-state index in [0.717, 1.165) is 56.9 Å². The van der Waals surface area contributed by atoms with Crippen LogP contribution in [0.1, 0.15) is 0 Å². The first-order chi connectivity index (χ1) is 54.0. The molecular weight excluding hydrogens is 1320 g/mol. The summed E-state index contributed by atoms with van der Waals surface area (Å²) in [6.07, 6.45) is 0. The molecule has 0 aliphatic heterocycles. The Balaban J connectivity index is 0.000000115. The lowest BCUT2D eigenvalue weighted by atomic mass is 9.97. The summed E-state index contributed by atoms with van der Waals surface area (Å²) < 4.78 is 0. The van der Waals surface area contributed by atoms with E-state index in [0.29, 0.717) is 0 Å². The summed E-state index contributed by atoms with van der Waals surface area (Å²) in [5.41, 5.74) is 22.0. The minimum Gasteiger partial charge on any atom is -0.356 e. The van der Waals surface area contributed by atoms with Crippen LogP contribution in [-0.2, 0) is 0 Å². The number of fused-ring (bicyclic) bond motifs is 6. The van der Waals surface area contributed by atoms with Gasteiger partial charge in [0.2, 0.25) is 0 Å². The normalized spacial score (nSPS) is 10.8. The Bertz CT molecular complexity index is 6120. The highest BCUT2D eigenvalue weighted by Crippen LogP contribution is 2.41. The molecule has 0 saturated carbocycles. The van der Waals surface area contributed by atoms with Crippen LogP contribution in [0.15, 0.2) is 455 Å². The Morgan fingerprint density at radius 2 is 0.523 bits per heavy atom. The molecule has 0 fully saturated rings. The number of hydrogen-bond acceptors (Lipinski definition) is 5. The van der Waals surface area contributed by atoms with Crippen LogP contribution in [0.5, 0.6) is 0 Å². The molecule has 19 aromatic carbocycles. The van der Waals surface area contributed by atoms with Gasteiger partial charge in [0.25, 0.3) is 0 Å². The minimum absolute atomic E-state index is 1.07. The third-order valence-corrected chi connectivity index (χ3v) is 19.5. The molecule has 5 nitrogen and oxygen atoms in total. The molecule has 19 rings (SSSR count). The number of rotatable bonds is 15. The maximum Gasteiger partial charge on any atom is 0.0540 e. The number of hydrogen-bond donors (Lipinski definition) is 4. The van der Waals surface area contributed by atoms with Crippen LogP contribution in [-0.4, -0.2) is 0 Å². The molecule has 0 radical (unpaired) electrons. The average Bonchev–Trinajstić information content (AvgIpc) is 0.802. The molecule has 0 aliphatic carbocycles. The van der Waals surface area contributed by atoms with Crippen LogP contribution in [0.25, 0.3) is 98.4 Å². The molecule has 0 aromatic heterocycles. The number of nitrogens with zero attached hydrogens (tertiary/aromatic N) is 1. The van der Waals surface area contributed by atoms with E-state index >= 15 is 0 Å². The zero-order valence-corrected chi connectivity index (χ0v) is 60.2. The van der Waals surface area contributed by atoms with Crippen molar-refractivity contribution >= 4 is 116 Å². The fourth-order valence-electron chi connectivity index (χ4n) is 14.2. The molecule has 0 heterocycles. The van der Waals surface area contributed by atoms with Crippen molar-refractivity contribution in [2.24, 2.45) is 0 Å². The van der Waals surface area contributed by atoms with Crippen LogP contribution < -0.4 is 26.2 Å². The van der Waals surface area contributed by atoms with Crippen LogP contribution in [0.3, 0.4) is 0 Å². The van der Waals surface area contributed by atoms with E-state index in [4.69, 9.17) is 0 Å². The SMILES string of the molecule is c1ccc(N(c2ccc(-c3ccc(Nc4cccc5ccccc45)cc3)cc2)c2cccc3ccccc23)cc1.c1ccc(Nc2cc(-c3ccccc3)cc(-c3ccccc3)c2)cc1.c1ccc(Nc2ccc(-c3ccccc3)c3ccccc23)cc1.c1ccc(Nc2ccc3c(ccc4ccccc43)c2)cc1. The molecule has 0 atom stereocenters. The first kappa shape index (κ1) is 68.9. The second-order valence-electron chi connectivity index (χ2n) is 26.7. The molecule has 0 spiro atoms. The molecule has 109 heavy (non-hydrogen) atoms. The summed E-state index contributed by atoms with van der Waals surface area (Å²) in [5, 5.41) is 26.6. The molecule has 0 aliphatic rings. The Kier molecular flexibility index (Phi) is 21.2. The van der Waals surface area contributed by atoms with Gasteiger partial charge in [0.05, 0.1) is 5.69 Å². The third-order valence-electron chi connectivity index (χ3n) is 19.5. The molecule has 4 N–H and O–H groups in total. The monoisotopic (exact) mass is 1400 g/mol. The van der Waals surface area contributed by atoms with Crippen molar-refractivity contribution in [2.45, 2.75) is 0 Å². The van der Waals surface area contributed by atoms with Gasteiger partial charge in [0.15, 0.2) is 0 Å². The van der Waals surface area contributed by atoms with Crippen LogP contribution in [0, 0.1) is 0 Å². The molecule has 5 heteroatoms. The van der Waals surface area contributed by atoms with Gasteiger partial charge in [-0.1, -0.05) is 334 Å². The predicted molar refractivity (Wildman–Crippen MR) is 469 cm³/mol. The molecule has 0 bridgehead atoms. The molecule has 19 aromatic rings. The van der Waals surface area contributed by atoms with Gasteiger partial charge in [-0.05, 0) is 204 Å². The number of benzene rings is 19. The van der Waals surface area contributed by atoms with Crippen molar-refractivity contribution < 1.29 is 0 Å². The van der Waals surface area contributed by atoms with Crippen molar-refractivity contribution in [3.05, 3.63) is 455 Å². The summed E-state index contributed by atoms with van der Waals surface area (Å²) in [5.74, 6) is 0. The summed E-state index contributed by atoms with van der Waals surface area (Å²) in [6.45, 7) is 0. The highest BCUT2D eigenvalue weighted by atomic mass is 15.1. The first-order valence-corrected chi connectivity index (χ1v) is 37.0. The second kappa shape index (κ2) is 33.5. The van der Waals surface area contributed by atoms with Gasteiger partial charge in [-0.15, -0.1) is 0 Å². The summed E-state index contributed by atoms with van der Waals surface area (Å²) in [4.78, 5) is 2.34. The van der Waals surface area contributed by atoms with Gasteiger partial charge in [-0.3, -0.25) is 0 Å². The number of anilines is 11. The quantitative estimate of drug-likeness (QED) is 0.0771. The largest absolute Gasteiger partial charge is 0.356 e. The Morgan fingerprint density at radius 3 is 1.10 bits per heavy atom. The van der Waals surface area contributed by atoms with Crippen molar-refractivity contribution in [3.63, 3.8) is 0 Å². The lowest BCUT2D eigenvalue weighted by molar-refractivity contribution is 1.30. The molecule has 0 amide bonds. The van der Waals surface area contributed by atoms with Gasteiger partial charge >= 0.3 is 0 Å². The summed E-state index contributed by atoms with van der Waals surface area (Å²) in [7, 11) is 0. The highest BCUT2D eigenvalue weighted by molar-refractivity contribution is 6.09. The van der Waals surface area contributed by atoms with E-state index in [9.17, 15) is 0 Å². The van der Waals surface area contributed by atoms with E-state index in [1.54, 1.807) is 0 Å². The Morgan fingerprint density at radius 1 is 0.156 bits per heavy atom. The maximum atomic E-state index is 3.59. The van der Waals surface area contributed by atoms with E-state index in [-0.39, 0.29) is 0 Å². The minimum atomic E-state index is 1.07. The van der Waals surface area contributed by atoms with Crippen molar-refractivity contribution in [1.29, 1.82) is 0 Å². The maximum absolute atomic E-state index is 3.59. The van der Waals surface area contributed by atoms with Crippen LogP contribution >= 0.6 is 0 Å².